The molecule has 0 atom stereocenters. The van der Waals surface area contributed by atoms with Crippen molar-refractivity contribution in [3.63, 3.8) is 0 Å². The molecule has 0 radical (unpaired) electrons. The summed E-state index contributed by atoms with van der Waals surface area (Å²) in [6.07, 6.45) is -3.63. The first-order valence-corrected chi connectivity index (χ1v) is 14.5. The molecule has 0 amide bonds. The number of hydrogen-bond donors (Lipinski definition) is 1. The lowest BCUT2D eigenvalue weighted by Crippen LogP contribution is -2.48. The van der Waals surface area contributed by atoms with E-state index < -0.39 is 27.7 Å². The second-order valence-corrected chi connectivity index (χ2v) is 11.4. The minimum Gasteiger partial charge on any atom is -0.477 e. The predicted octanol–water partition coefficient (Wildman–Crippen LogP) is 3.01. The van der Waals surface area contributed by atoms with Crippen LogP contribution in [0, 0.1) is 0 Å². The van der Waals surface area contributed by atoms with Gasteiger partial charge in [0.25, 0.3) is 5.56 Å². The van der Waals surface area contributed by atoms with Gasteiger partial charge in [-0.15, -0.1) is 13.2 Å². The molecule has 0 bridgehead atoms. The first-order chi connectivity index (χ1) is 19.9. The average molecular weight is 608 g/mol. The maximum absolute atomic E-state index is 13.5. The van der Waals surface area contributed by atoms with Gasteiger partial charge >= 0.3 is 6.36 Å². The van der Waals surface area contributed by atoms with Crippen molar-refractivity contribution in [2.75, 3.05) is 39.3 Å². The van der Waals surface area contributed by atoms with Gasteiger partial charge in [-0.3, -0.25) is 9.48 Å². The Morgan fingerprint density at radius 1 is 1.05 bits per heavy atom. The Morgan fingerprint density at radius 2 is 1.74 bits per heavy atom. The van der Waals surface area contributed by atoms with Gasteiger partial charge in [0.15, 0.2) is 5.52 Å². The first-order valence-electron chi connectivity index (χ1n) is 13.1. The van der Waals surface area contributed by atoms with Crippen LogP contribution in [0.15, 0.2) is 46.2 Å². The number of likely N-dealkylation sites (N-methyl/N-ethyl adjacent to an activating group) is 1. The highest BCUT2D eigenvalue weighted by Gasteiger charge is 2.32. The summed E-state index contributed by atoms with van der Waals surface area (Å²) in [6.45, 7) is 6.64. The molecule has 1 aromatic carbocycles. The maximum Gasteiger partial charge on any atom is 0.573 e. The van der Waals surface area contributed by atoms with Crippen molar-refractivity contribution in [1.29, 1.82) is 0 Å². The third-order valence-corrected chi connectivity index (χ3v) is 8.70. The van der Waals surface area contributed by atoms with Crippen LogP contribution < -0.4 is 15.0 Å². The molecule has 1 saturated heterocycles. The van der Waals surface area contributed by atoms with Gasteiger partial charge in [0.1, 0.15) is 22.0 Å². The Labute approximate surface area is 238 Å². The number of pyridine rings is 1. The van der Waals surface area contributed by atoms with E-state index >= 15 is 0 Å². The number of piperazine rings is 1. The highest BCUT2D eigenvalue weighted by atomic mass is 32.2. The van der Waals surface area contributed by atoms with Crippen LogP contribution in [0.3, 0.4) is 0 Å². The van der Waals surface area contributed by atoms with E-state index in [1.807, 2.05) is 6.92 Å². The molecule has 5 rings (SSSR count). The molecule has 16 heteroatoms. The number of aryl methyl sites for hydroxylation is 1. The van der Waals surface area contributed by atoms with Gasteiger partial charge in [-0.2, -0.15) is 9.40 Å². The molecule has 0 spiro atoms. The number of ether oxygens (including phenoxy) is 2. The van der Waals surface area contributed by atoms with E-state index in [9.17, 15) is 26.4 Å². The van der Waals surface area contributed by atoms with Crippen LogP contribution >= 0.6 is 0 Å². The van der Waals surface area contributed by atoms with E-state index in [1.54, 1.807) is 14.0 Å². The Hall–Kier alpha value is -4.02. The number of hydrogen-bond acceptors (Lipinski definition) is 9. The highest BCUT2D eigenvalue weighted by molar-refractivity contribution is 7.89. The van der Waals surface area contributed by atoms with Crippen LogP contribution in [-0.4, -0.2) is 88.0 Å². The number of benzene rings is 1. The van der Waals surface area contributed by atoms with E-state index in [-0.39, 0.29) is 39.8 Å². The number of aromatic nitrogens is 5. The Balaban J connectivity index is 1.59. The zero-order valence-corrected chi connectivity index (χ0v) is 23.8. The van der Waals surface area contributed by atoms with Crippen molar-refractivity contribution in [2.24, 2.45) is 7.05 Å². The molecule has 0 saturated carbocycles. The molecule has 1 aliphatic heterocycles. The molecule has 1 fully saturated rings. The minimum absolute atomic E-state index is 0.0115. The molecule has 224 valence electrons. The van der Waals surface area contributed by atoms with Crippen LogP contribution in [0.4, 0.5) is 13.2 Å². The van der Waals surface area contributed by atoms with Crippen molar-refractivity contribution in [1.82, 2.24) is 33.9 Å². The van der Waals surface area contributed by atoms with Crippen molar-refractivity contribution in [3.8, 4) is 34.3 Å². The number of rotatable bonds is 8. The predicted molar refractivity (Wildman–Crippen MR) is 147 cm³/mol. The number of sulfonamides is 1. The standard InChI is InChI=1S/C26H28F3N7O5S/c1-4-35-10-12-36(13-11-35)42(38,39)18-14-19(25(30-15-18)40-5-2)23-31-20-21(24(37)32-23)33-34(3)22(20)16-6-8-17(9-7-16)41-26(27,28)29/h6-9,14-15H,4-5,10-13H2,1-3H3,(H,31,32,37). The fourth-order valence-electron chi connectivity index (χ4n) is 4.77. The average Bonchev–Trinajstić information content (AvgIpc) is 3.29. The van der Waals surface area contributed by atoms with Gasteiger partial charge in [-0.1, -0.05) is 6.92 Å². The molecule has 12 nitrogen and oxygen atoms in total. The van der Waals surface area contributed by atoms with Gasteiger partial charge in [-0.25, -0.2) is 18.4 Å². The van der Waals surface area contributed by atoms with E-state index in [1.165, 1.54) is 33.4 Å². The topological polar surface area (TPSA) is 136 Å². The van der Waals surface area contributed by atoms with Crippen molar-refractivity contribution in [2.45, 2.75) is 25.1 Å². The summed E-state index contributed by atoms with van der Waals surface area (Å²) < 4.78 is 77.3. The lowest BCUT2D eigenvalue weighted by molar-refractivity contribution is -0.274. The van der Waals surface area contributed by atoms with Crippen molar-refractivity contribution < 1.29 is 31.1 Å². The summed E-state index contributed by atoms with van der Waals surface area (Å²) in [4.78, 5) is 26.7. The van der Waals surface area contributed by atoms with Gasteiger partial charge in [-0.05, 0) is 43.8 Å². The molecular weight excluding hydrogens is 579 g/mol. The Morgan fingerprint density at radius 3 is 2.36 bits per heavy atom. The van der Waals surface area contributed by atoms with Crippen molar-refractivity contribution >= 4 is 21.1 Å². The molecule has 4 heterocycles. The fraction of sp³-hybridized carbons (Fsp3) is 0.385. The normalized spacial score (nSPS) is 15.3. The number of nitrogens with one attached hydrogen (secondary N) is 1. The Kier molecular flexibility index (Phi) is 7.96. The summed E-state index contributed by atoms with van der Waals surface area (Å²) in [5.41, 5.74) is 0.430. The first kappa shape index (κ1) is 29.5. The van der Waals surface area contributed by atoms with Gasteiger partial charge < -0.3 is 19.4 Å². The summed E-state index contributed by atoms with van der Waals surface area (Å²) in [6, 6.07) is 6.42. The summed E-state index contributed by atoms with van der Waals surface area (Å²) in [7, 11) is -2.35. The van der Waals surface area contributed by atoms with E-state index in [2.05, 4.69) is 29.7 Å². The Bertz CT molecular complexity index is 1760. The van der Waals surface area contributed by atoms with Crippen LogP contribution in [0.5, 0.6) is 11.6 Å². The summed E-state index contributed by atoms with van der Waals surface area (Å²) in [5.74, 6) is -0.359. The molecule has 42 heavy (non-hydrogen) atoms. The van der Waals surface area contributed by atoms with Gasteiger partial charge in [0.2, 0.25) is 15.9 Å². The summed E-state index contributed by atoms with van der Waals surface area (Å²) in [5, 5.41) is 4.24. The lowest BCUT2D eigenvalue weighted by atomic mass is 10.1. The van der Waals surface area contributed by atoms with Crippen LogP contribution in [0.2, 0.25) is 0 Å². The van der Waals surface area contributed by atoms with Crippen LogP contribution in [0.1, 0.15) is 13.8 Å². The van der Waals surface area contributed by atoms with Crippen molar-refractivity contribution in [3.05, 3.63) is 46.9 Å². The zero-order valence-electron chi connectivity index (χ0n) is 23.0. The van der Waals surface area contributed by atoms with E-state index in [0.29, 0.717) is 37.4 Å². The molecule has 1 N–H and O–H groups in total. The minimum atomic E-state index is -4.84. The number of fused-ring (bicyclic) bond motifs is 1. The molecule has 3 aromatic heterocycles. The SMILES string of the molecule is CCOc1ncc(S(=O)(=O)N2CCN(CC)CC2)cc1-c1nc2c(-c3ccc(OC(F)(F)F)cc3)n(C)nc2c(=O)[nH]1. The third kappa shape index (κ3) is 5.82. The maximum atomic E-state index is 13.5. The number of aromatic amines is 1. The number of halogens is 3. The molecule has 4 aromatic rings. The van der Waals surface area contributed by atoms with Gasteiger partial charge in [0, 0.05) is 38.8 Å². The monoisotopic (exact) mass is 607 g/mol. The largest absolute Gasteiger partial charge is 0.573 e. The number of nitrogens with zero attached hydrogens (tertiary/aromatic N) is 6. The number of alkyl halides is 3. The fourth-order valence-corrected chi connectivity index (χ4v) is 6.17. The molecule has 0 unspecified atom stereocenters. The number of H-pyrrole nitrogens is 1. The molecular formula is C26H28F3N7O5S. The second kappa shape index (κ2) is 11.3. The molecule has 1 aliphatic rings. The summed E-state index contributed by atoms with van der Waals surface area (Å²) >= 11 is 0. The van der Waals surface area contributed by atoms with E-state index in [4.69, 9.17) is 4.74 Å². The zero-order chi connectivity index (χ0) is 30.2. The van der Waals surface area contributed by atoms with Crippen LogP contribution in [-0.2, 0) is 17.1 Å². The van der Waals surface area contributed by atoms with Gasteiger partial charge in [0.05, 0.1) is 24.1 Å². The van der Waals surface area contributed by atoms with E-state index in [0.717, 1.165) is 18.7 Å². The molecule has 0 aliphatic carbocycles. The smallest absolute Gasteiger partial charge is 0.477 e. The second-order valence-electron chi connectivity index (χ2n) is 9.45. The lowest BCUT2D eigenvalue weighted by Gasteiger charge is -2.33. The van der Waals surface area contributed by atoms with Crippen LogP contribution in [0.25, 0.3) is 33.7 Å². The quantitative estimate of drug-likeness (QED) is 0.321. The highest BCUT2D eigenvalue weighted by Crippen LogP contribution is 2.33. The third-order valence-electron chi connectivity index (χ3n) is 6.83.